The van der Waals surface area contributed by atoms with Gasteiger partial charge in [0.15, 0.2) is 0 Å². The number of nitrogens with one attached hydrogen (secondary N) is 1. The lowest BCUT2D eigenvalue weighted by Gasteiger charge is -2.31. The molecule has 4 nitrogen and oxygen atoms in total. The summed E-state index contributed by atoms with van der Waals surface area (Å²) in [6.45, 7) is 4.66. The molecular formula is C26H28N2O2. The van der Waals surface area contributed by atoms with Crippen LogP contribution in [0, 0.1) is 6.92 Å². The third-order valence-corrected chi connectivity index (χ3v) is 5.08. The molecular weight excluding hydrogens is 372 g/mol. The van der Waals surface area contributed by atoms with E-state index in [9.17, 15) is 9.59 Å². The van der Waals surface area contributed by atoms with Gasteiger partial charge in [0, 0.05) is 19.5 Å². The fourth-order valence-corrected chi connectivity index (χ4v) is 3.41. The topological polar surface area (TPSA) is 49.4 Å². The molecule has 1 unspecified atom stereocenters. The van der Waals surface area contributed by atoms with E-state index < -0.39 is 6.04 Å². The third-order valence-electron chi connectivity index (χ3n) is 5.08. The van der Waals surface area contributed by atoms with Crippen LogP contribution in [0.15, 0.2) is 84.9 Å². The molecule has 2 amide bonds. The van der Waals surface area contributed by atoms with Crippen LogP contribution in [0.4, 0.5) is 0 Å². The van der Waals surface area contributed by atoms with Crippen LogP contribution < -0.4 is 5.32 Å². The summed E-state index contributed by atoms with van der Waals surface area (Å²) >= 11 is 0. The average Bonchev–Trinajstić information content (AvgIpc) is 2.79. The Labute approximate surface area is 178 Å². The molecule has 0 radical (unpaired) electrons. The van der Waals surface area contributed by atoms with E-state index in [0.29, 0.717) is 19.5 Å². The number of hydrogen-bond donors (Lipinski definition) is 1. The van der Waals surface area contributed by atoms with Crippen molar-refractivity contribution >= 4 is 11.8 Å². The van der Waals surface area contributed by atoms with Crippen LogP contribution >= 0.6 is 0 Å². The molecule has 0 saturated heterocycles. The number of carbonyl (C=O) groups is 2. The van der Waals surface area contributed by atoms with E-state index in [1.54, 1.807) is 4.90 Å². The Morgan fingerprint density at radius 3 is 2.03 bits per heavy atom. The standard InChI is InChI=1S/C26H28N2O2/c1-3-24(29)28(19-22-10-6-4-7-11-22)25(23-12-8-5-9-13-23)26(30)27-18-21-16-14-20(2)15-17-21/h4-17,25H,3,18-19H2,1-2H3,(H,27,30). The lowest BCUT2D eigenvalue weighted by molar-refractivity contribution is -0.141. The van der Waals surface area contributed by atoms with Crippen molar-refractivity contribution in [3.63, 3.8) is 0 Å². The summed E-state index contributed by atoms with van der Waals surface area (Å²) in [4.78, 5) is 27.9. The van der Waals surface area contributed by atoms with Gasteiger partial charge in [-0.05, 0) is 23.6 Å². The van der Waals surface area contributed by atoms with Gasteiger partial charge >= 0.3 is 0 Å². The first-order chi connectivity index (χ1) is 14.6. The van der Waals surface area contributed by atoms with Crippen molar-refractivity contribution in [3.05, 3.63) is 107 Å². The number of nitrogens with zero attached hydrogens (tertiary/aromatic N) is 1. The minimum absolute atomic E-state index is 0.0572. The molecule has 3 rings (SSSR count). The van der Waals surface area contributed by atoms with Crippen LogP contribution in [0.1, 0.15) is 41.6 Å². The Kier molecular flexibility index (Phi) is 7.39. The summed E-state index contributed by atoms with van der Waals surface area (Å²) in [5, 5.41) is 3.03. The normalized spacial score (nSPS) is 11.5. The summed E-state index contributed by atoms with van der Waals surface area (Å²) < 4.78 is 0. The first kappa shape index (κ1) is 21.3. The number of benzene rings is 3. The molecule has 0 spiro atoms. The highest BCUT2D eigenvalue weighted by Crippen LogP contribution is 2.24. The Bertz CT molecular complexity index is 953. The van der Waals surface area contributed by atoms with Crippen molar-refractivity contribution in [1.29, 1.82) is 0 Å². The zero-order valence-corrected chi connectivity index (χ0v) is 17.5. The van der Waals surface area contributed by atoms with Crippen LogP contribution in [0.5, 0.6) is 0 Å². The molecule has 0 bridgehead atoms. The monoisotopic (exact) mass is 400 g/mol. The number of rotatable bonds is 8. The molecule has 3 aromatic carbocycles. The smallest absolute Gasteiger partial charge is 0.247 e. The highest BCUT2D eigenvalue weighted by Gasteiger charge is 2.30. The van der Waals surface area contributed by atoms with Crippen LogP contribution in [0.25, 0.3) is 0 Å². The largest absolute Gasteiger partial charge is 0.350 e. The van der Waals surface area contributed by atoms with E-state index in [4.69, 9.17) is 0 Å². The van der Waals surface area contributed by atoms with Crippen molar-refractivity contribution in [2.24, 2.45) is 0 Å². The molecule has 154 valence electrons. The van der Waals surface area contributed by atoms with E-state index in [1.165, 1.54) is 5.56 Å². The maximum absolute atomic E-state index is 13.3. The first-order valence-corrected chi connectivity index (χ1v) is 10.3. The Morgan fingerprint density at radius 1 is 0.833 bits per heavy atom. The predicted molar refractivity (Wildman–Crippen MR) is 119 cm³/mol. The van der Waals surface area contributed by atoms with E-state index in [1.807, 2.05) is 98.8 Å². The second-order valence-corrected chi connectivity index (χ2v) is 7.38. The highest BCUT2D eigenvalue weighted by atomic mass is 16.2. The van der Waals surface area contributed by atoms with Gasteiger partial charge in [-0.3, -0.25) is 9.59 Å². The van der Waals surface area contributed by atoms with E-state index in [-0.39, 0.29) is 11.8 Å². The summed E-state index contributed by atoms with van der Waals surface area (Å²) in [6.07, 6.45) is 0.335. The molecule has 1 atom stereocenters. The van der Waals surface area contributed by atoms with Gasteiger partial charge in [0.1, 0.15) is 6.04 Å². The molecule has 0 aromatic heterocycles. The van der Waals surface area contributed by atoms with Crippen molar-refractivity contribution in [2.75, 3.05) is 0 Å². The maximum atomic E-state index is 13.3. The molecule has 30 heavy (non-hydrogen) atoms. The summed E-state index contributed by atoms with van der Waals surface area (Å²) in [7, 11) is 0. The number of carbonyl (C=O) groups excluding carboxylic acids is 2. The molecule has 0 aliphatic rings. The number of amides is 2. The molecule has 0 aliphatic heterocycles. The summed E-state index contributed by atoms with van der Waals surface area (Å²) in [5.41, 5.74) is 4.00. The lowest BCUT2D eigenvalue weighted by atomic mass is 10.0. The Morgan fingerprint density at radius 2 is 1.43 bits per heavy atom. The number of hydrogen-bond acceptors (Lipinski definition) is 2. The maximum Gasteiger partial charge on any atom is 0.247 e. The van der Waals surface area contributed by atoms with Crippen LogP contribution in [-0.2, 0) is 22.7 Å². The Hall–Kier alpha value is -3.40. The third kappa shape index (κ3) is 5.57. The van der Waals surface area contributed by atoms with Crippen molar-refractivity contribution in [2.45, 2.75) is 39.4 Å². The molecule has 0 saturated carbocycles. The average molecular weight is 401 g/mol. The highest BCUT2D eigenvalue weighted by molar-refractivity contribution is 5.88. The molecule has 4 heteroatoms. The van der Waals surface area contributed by atoms with Crippen molar-refractivity contribution in [1.82, 2.24) is 10.2 Å². The molecule has 1 N–H and O–H groups in total. The van der Waals surface area contributed by atoms with Gasteiger partial charge in [-0.25, -0.2) is 0 Å². The van der Waals surface area contributed by atoms with E-state index >= 15 is 0 Å². The minimum Gasteiger partial charge on any atom is -0.350 e. The van der Waals surface area contributed by atoms with Gasteiger partial charge in [-0.1, -0.05) is 97.4 Å². The summed E-state index contributed by atoms with van der Waals surface area (Å²) in [5.74, 6) is -0.238. The minimum atomic E-state index is -0.690. The predicted octanol–water partition coefficient (Wildman–Crippen LogP) is 4.79. The van der Waals surface area contributed by atoms with Crippen LogP contribution in [0.3, 0.4) is 0 Å². The van der Waals surface area contributed by atoms with E-state index in [2.05, 4.69) is 5.32 Å². The fourth-order valence-electron chi connectivity index (χ4n) is 3.41. The van der Waals surface area contributed by atoms with E-state index in [0.717, 1.165) is 16.7 Å². The molecule has 0 heterocycles. The second kappa shape index (κ2) is 10.4. The Balaban J connectivity index is 1.88. The second-order valence-electron chi connectivity index (χ2n) is 7.38. The molecule has 0 fully saturated rings. The quantitative estimate of drug-likeness (QED) is 0.591. The van der Waals surface area contributed by atoms with Gasteiger partial charge in [-0.2, -0.15) is 0 Å². The van der Waals surface area contributed by atoms with Crippen LogP contribution in [0.2, 0.25) is 0 Å². The van der Waals surface area contributed by atoms with Crippen LogP contribution in [-0.4, -0.2) is 16.7 Å². The van der Waals surface area contributed by atoms with Crippen molar-refractivity contribution in [3.8, 4) is 0 Å². The van der Waals surface area contributed by atoms with Gasteiger partial charge in [-0.15, -0.1) is 0 Å². The van der Waals surface area contributed by atoms with Gasteiger partial charge in [0.2, 0.25) is 11.8 Å². The first-order valence-electron chi connectivity index (χ1n) is 10.3. The molecule has 0 aliphatic carbocycles. The fraction of sp³-hybridized carbons (Fsp3) is 0.231. The molecule has 3 aromatic rings. The zero-order valence-electron chi connectivity index (χ0n) is 17.5. The zero-order chi connectivity index (χ0) is 21.3. The van der Waals surface area contributed by atoms with Gasteiger partial charge < -0.3 is 10.2 Å². The van der Waals surface area contributed by atoms with Crippen molar-refractivity contribution < 1.29 is 9.59 Å². The number of aryl methyl sites for hydroxylation is 1. The lowest BCUT2D eigenvalue weighted by Crippen LogP contribution is -2.43. The SMILES string of the molecule is CCC(=O)N(Cc1ccccc1)C(C(=O)NCc1ccc(C)cc1)c1ccccc1. The summed E-state index contributed by atoms with van der Waals surface area (Å²) in [6, 6.07) is 26.7. The van der Waals surface area contributed by atoms with Gasteiger partial charge in [0.25, 0.3) is 0 Å². The van der Waals surface area contributed by atoms with Gasteiger partial charge in [0.05, 0.1) is 0 Å².